The van der Waals surface area contributed by atoms with Crippen molar-refractivity contribution < 1.29 is 13.2 Å². The maximum atomic E-state index is 13.1. The second-order valence-electron chi connectivity index (χ2n) is 7.10. The number of fused-ring (bicyclic) bond motifs is 1. The maximum absolute atomic E-state index is 13.1. The molecule has 2 N–H and O–H groups in total. The molecule has 0 unspecified atom stereocenters. The van der Waals surface area contributed by atoms with Gasteiger partial charge in [0, 0.05) is 48.8 Å². The first-order valence-electron chi connectivity index (χ1n) is 9.68. The van der Waals surface area contributed by atoms with Crippen molar-refractivity contribution in [2.24, 2.45) is 0 Å². The second kappa shape index (κ2) is 8.41. The summed E-state index contributed by atoms with van der Waals surface area (Å²) < 4.78 is 34.2. The normalized spacial score (nSPS) is 15.3. The molecule has 7 heteroatoms. The van der Waals surface area contributed by atoms with E-state index in [9.17, 15) is 8.42 Å². The Hall–Kier alpha value is -2.61. The van der Waals surface area contributed by atoms with Crippen molar-refractivity contribution in [2.75, 3.05) is 43.4 Å². The molecule has 1 heterocycles. The molecular weight excluding hydrogens is 386 g/mol. The van der Waals surface area contributed by atoms with Crippen molar-refractivity contribution in [1.29, 1.82) is 0 Å². The van der Waals surface area contributed by atoms with Crippen LogP contribution in [-0.4, -0.2) is 46.7 Å². The molecule has 3 aromatic carbocycles. The molecule has 0 atom stereocenters. The van der Waals surface area contributed by atoms with E-state index >= 15 is 0 Å². The van der Waals surface area contributed by atoms with E-state index in [0.717, 1.165) is 49.5 Å². The largest absolute Gasteiger partial charge is 0.388 e. The number of rotatable bonds is 6. The smallest absolute Gasteiger partial charge is 0.262 e. The minimum Gasteiger partial charge on any atom is -0.388 e. The maximum Gasteiger partial charge on any atom is 0.262 e. The van der Waals surface area contributed by atoms with E-state index in [0.29, 0.717) is 11.1 Å². The van der Waals surface area contributed by atoms with Gasteiger partial charge in [-0.25, -0.2) is 8.42 Å². The molecule has 0 radical (unpaired) electrons. The first-order valence-corrected chi connectivity index (χ1v) is 11.2. The summed E-state index contributed by atoms with van der Waals surface area (Å²) in [5, 5.41) is 4.68. The van der Waals surface area contributed by atoms with E-state index in [-0.39, 0.29) is 4.90 Å². The van der Waals surface area contributed by atoms with Gasteiger partial charge >= 0.3 is 0 Å². The standard InChI is InChI=1S/C22H25N3O3S/c1-23-21-6-2-5-20-19(21)4-3-7-22(20)29(26,27)24-18-10-8-17(9-11-18)16-25-12-14-28-15-13-25/h2-11,23-24H,12-16H2,1H3. The van der Waals surface area contributed by atoms with Gasteiger partial charge < -0.3 is 10.1 Å². The molecule has 3 aromatic rings. The summed E-state index contributed by atoms with van der Waals surface area (Å²) in [7, 11) is -1.88. The zero-order chi connectivity index (χ0) is 20.3. The van der Waals surface area contributed by atoms with Gasteiger partial charge in [-0.2, -0.15) is 0 Å². The third-order valence-electron chi connectivity index (χ3n) is 5.16. The summed E-state index contributed by atoms with van der Waals surface area (Å²) in [6.07, 6.45) is 0. The molecule has 1 aliphatic rings. The quantitative estimate of drug-likeness (QED) is 0.650. The number of anilines is 2. The number of nitrogens with one attached hydrogen (secondary N) is 2. The molecule has 0 aromatic heterocycles. The van der Waals surface area contributed by atoms with Crippen molar-refractivity contribution in [2.45, 2.75) is 11.4 Å². The Morgan fingerprint density at radius 3 is 2.34 bits per heavy atom. The Kier molecular flexibility index (Phi) is 5.71. The Morgan fingerprint density at radius 1 is 0.931 bits per heavy atom. The first kappa shape index (κ1) is 19.7. The topological polar surface area (TPSA) is 70.7 Å². The molecule has 4 rings (SSSR count). The van der Waals surface area contributed by atoms with Gasteiger partial charge in [0.25, 0.3) is 10.0 Å². The highest BCUT2D eigenvalue weighted by Gasteiger charge is 2.18. The van der Waals surface area contributed by atoms with Crippen LogP contribution in [0.2, 0.25) is 0 Å². The average Bonchev–Trinajstić information content (AvgIpc) is 2.75. The number of morpholine rings is 1. The van der Waals surface area contributed by atoms with Gasteiger partial charge in [-0.15, -0.1) is 0 Å². The van der Waals surface area contributed by atoms with Crippen LogP contribution in [0.15, 0.2) is 65.6 Å². The molecule has 6 nitrogen and oxygen atoms in total. The van der Waals surface area contributed by atoms with E-state index in [1.165, 1.54) is 0 Å². The van der Waals surface area contributed by atoms with Gasteiger partial charge in [0.2, 0.25) is 0 Å². The van der Waals surface area contributed by atoms with Crippen LogP contribution in [0.4, 0.5) is 11.4 Å². The fourth-order valence-electron chi connectivity index (χ4n) is 3.64. The number of hydrogen-bond donors (Lipinski definition) is 2. The first-order chi connectivity index (χ1) is 14.1. The monoisotopic (exact) mass is 411 g/mol. The molecule has 152 valence electrons. The van der Waals surface area contributed by atoms with Crippen LogP contribution < -0.4 is 10.0 Å². The number of benzene rings is 3. The van der Waals surface area contributed by atoms with Gasteiger partial charge in [-0.1, -0.05) is 36.4 Å². The van der Waals surface area contributed by atoms with Crippen molar-refractivity contribution >= 4 is 32.2 Å². The van der Waals surface area contributed by atoms with Crippen LogP contribution in [0.1, 0.15) is 5.56 Å². The zero-order valence-corrected chi connectivity index (χ0v) is 17.2. The van der Waals surface area contributed by atoms with Gasteiger partial charge in [-0.3, -0.25) is 9.62 Å². The molecule has 0 spiro atoms. The Morgan fingerprint density at radius 2 is 1.62 bits per heavy atom. The number of ether oxygens (including phenoxy) is 1. The fourth-order valence-corrected chi connectivity index (χ4v) is 4.92. The predicted octanol–water partition coefficient (Wildman–Crippen LogP) is 3.51. The van der Waals surface area contributed by atoms with Crippen LogP contribution in [0, 0.1) is 0 Å². The van der Waals surface area contributed by atoms with Crippen molar-refractivity contribution in [3.8, 4) is 0 Å². The fraction of sp³-hybridized carbons (Fsp3) is 0.273. The van der Waals surface area contributed by atoms with E-state index in [4.69, 9.17) is 4.74 Å². The third-order valence-corrected chi connectivity index (χ3v) is 6.60. The molecule has 1 fully saturated rings. The van der Waals surface area contributed by atoms with Crippen molar-refractivity contribution in [3.63, 3.8) is 0 Å². The van der Waals surface area contributed by atoms with Gasteiger partial charge in [-0.05, 0) is 29.8 Å². The minimum absolute atomic E-state index is 0.268. The van der Waals surface area contributed by atoms with Crippen LogP contribution >= 0.6 is 0 Å². The SMILES string of the molecule is CNc1cccc2c(S(=O)(=O)Nc3ccc(CN4CCOCC4)cc3)cccc12. The lowest BCUT2D eigenvalue weighted by molar-refractivity contribution is 0.0342. The molecule has 0 saturated carbocycles. The summed E-state index contributed by atoms with van der Waals surface area (Å²) in [5.41, 5.74) is 2.60. The Bertz CT molecular complexity index is 1090. The number of nitrogens with zero attached hydrogens (tertiary/aromatic N) is 1. The predicted molar refractivity (Wildman–Crippen MR) is 117 cm³/mol. The molecular formula is C22H25N3O3S. The van der Waals surface area contributed by atoms with Crippen molar-refractivity contribution in [3.05, 3.63) is 66.2 Å². The highest BCUT2D eigenvalue weighted by Crippen LogP contribution is 2.29. The molecule has 29 heavy (non-hydrogen) atoms. The third kappa shape index (κ3) is 4.37. The van der Waals surface area contributed by atoms with Gasteiger partial charge in [0.1, 0.15) is 0 Å². The van der Waals surface area contributed by atoms with Crippen LogP contribution in [0.25, 0.3) is 10.8 Å². The van der Waals surface area contributed by atoms with Gasteiger partial charge in [0.15, 0.2) is 0 Å². The lowest BCUT2D eigenvalue weighted by Gasteiger charge is -2.26. The highest BCUT2D eigenvalue weighted by molar-refractivity contribution is 7.93. The summed E-state index contributed by atoms with van der Waals surface area (Å²) in [5.74, 6) is 0. The summed E-state index contributed by atoms with van der Waals surface area (Å²) in [4.78, 5) is 2.60. The summed E-state index contributed by atoms with van der Waals surface area (Å²) in [6.45, 7) is 4.21. The second-order valence-corrected chi connectivity index (χ2v) is 8.75. The summed E-state index contributed by atoms with van der Waals surface area (Å²) >= 11 is 0. The highest BCUT2D eigenvalue weighted by atomic mass is 32.2. The summed E-state index contributed by atoms with van der Waals surface area (Å²) in [6, 6.07) is 18.5. The zero-order valence-electron chi connectivity index (χ0n) is 16.4. The Labute approximate surface area is 171 Å². The lowest BCUT2D eigenvalue weighted by atomic mass is 10.1. The number of hydrogen-bond acceptors (Lipinski definition) is 5. The minimum atomic E-state index is -3.71. The molecule has 0 bridgehead atoms. The molecule has 1 saturated heterocycles. The molecule has 0 aliphatic carbocycles. The Balaban J connectivity index is 1.55. The van der Waals surface area contributed by atoms with E-state index in [1.807, 2.05) is 55.6 Å². The van der Waals surface area contributed by atoms with E-state index in [1.54, 1.807) is 12.1 Å². The molecule has 0 amide bonds. The van der Waals surface area contributed by atoms with Crippen molar-refractivity contribution in [1.82, 2.24) is 4.90 Å². The molecule has 1 aliphatic heterocycles. The average molecular weight is 412 g/mol. The number of sulfonamides is 1. The van der Waals surface area contributed by atoms with E-state index in [2.05, 4.69) is 14.9 Å². The van der Waals surface area contributed by atoms with Crippen LogP contribution in [-0.2, 0) is 21.3 Å². The van der Waals surface area contributed by atoms with Crippen LogP contribution in [0.3, 0.4) is 0 Å². The van der Waals surface area contributed by atoms with E-state index < -0.39 is 10.0 Å². The lowest BCUT2D eigenvalue weighted by Crippen LogP contribution is -2.35. The van der Waals surface area contributed by atoms with Crippen LogP contribution in [0.5, 0.6) is 0 Å². The van der Waals surface area contributed by atoms with Gasteiger partial charge in [0.05, 0.1) is 18.1 Å².